The van der Waals surface area contributed by atoms with Crippen LogP contribution in [0.25, 0.3) is 22.1 Å². The molecule has 0 aliphatic carbocycles. The topological polar surface area (TPSA) is 57.4 Å². The van der Waals surface area contributed by atoms with Gasteiger partial charge in [-0.15, -0.1) is 0 Å². The third-order valence-corrected chi connectivity index (χ3v) is 5.20. The van der Waals surface area contributed by atoms with Gasteiger partial charge in [0.2, 0.25) is 0 Å². The number of H-pyrrole nitrogens is 2. The molecule has 0 aliphatic rings. The van der Waals surface area contributed by atoms with E-state index in [1.54, 1.807) is 0 Å². The molecule has 27 heavy (non-hydrogen) atoms. The fourth-order valence-corrected chi connectivity index (χ4v) is 3.72. The predicted molar refractivity (Wildman–Crippen MR) is 112 cm³/mol. The number of nitrogens with one attached hydrogen (secondary N) is 2. The van der Waals surface area contributed by atoms with Crippen LogP contribution in [0.5, 0.6) is 0 Å². The molecule has 0 saturated heterocycles. The molecule has 0 radical (unpaired) electrons. The van der Waals surface area contributed by atoms with Crippen molar-refractivity contribution in [2.45, 2.75) is 57.8 Å². The number of benzene rings is 2. The van der Waals surface area contributed by atoms with Crippen molar-refractivity contribution in [3.05, 3.63) is 60.2 Å². The van der Waals surface area contributed by atoms with Crippen molar-refractivity contribution in [1.82, 2.24) is 19.9 Å². The van der Waals surface area contributed by atoms with E-state index >= 15 is 0 Å². The largest absolute Gasteiger partial charge is 0.342 e. The molecule has 140 valence electrons. The highest BCUT2D eigenvalue weighted by atomic mass is 14.9. The SMILES string of the molecule is c1ccc2[nH]c(CCCCCCCCCc3nc4ccccc4[nH]3)nc2c1. The van der Waals surface area contributed by atoms with Crippen LogP contribution in [-0.4, -0.2) is 19.9 Å². The summed E-state index contributed by atoms with van der Waals surface area (Å²) in [5, 5.41) is 0. The monoisotopic (exact) mass is 360 g/mol. The van der Waals surface area contributed by atoms with Gasteiger partial charge in [0.15, 0.2) is 0 Å². The van der Waals surface area contributed by atoms with Crippen LogP contribution in [0.3, 0.4) is 0 Å². The highest BCUT2D eigenvalue weighted by molar-refractivity contribution is 5.75. The Kier molecular flexibility index (Phi) is 5.83. The molecule has 0 atom stereocenters. The van der Waals surface area contributed by atoms with Crippen molar-refractivity contribution < 1.29 is 0 Å². The second-order valence-corrected chi connectivity index (χ2v) is 7.38. The molecule has 0 saturated carbocycles. The maximum absolute atomic E-state index is 4.65. The van der Waals surface area contributed by atoms with Crippen LogP contribution < -0.4 is 0 Å². The van der Waals surface area contributed by atoms with Crippen LogP contribution in [0, 0.1) is 0 Å². The normalized spacial score (nSPS) is 11.6. The van der Waals surface area contributed by atoms with Crippen molar-refractivity contribution in [2.75, 3.05) is 0 Å². The lowest BCUT2D eigenvalue weighted by Gasteiger charge is -2.01. The van der Waals surface area contributed by atoms with E-state index in [9.17, 15) is 0 Å². The molecule has 4 heteroatoms. The summed E-state index contributed by atoms with van der Waals surface area (Å²) in [4.78, 5) is 16.1. The minimum atomic E-state index is 1.06. The Morgan fingerprint density at radius 1 is 0.519 bits per heavy atom. The first kappa shape index (κ1) is 17.8. The maximum Gasteiger partial charge on any atom is 0.107 e. The van der Waals surface area contributed by atoms with Gasteiger partial charge in [-0.3, -0.25) is 0 Å². The van der Waals surface area contributed by atoms with Gasteiger partial charge in [-0.2, -0.15) is 0 Å². The minimum Gasteiger partial charge on any atom is -0.342 e. The number of rotatable bonds is 10. The van der Waals surface area contributed by atoms with Gasteiger partial charge < -0.3 is 9.97 Å². The van der Waals surface area contributed by atoms with Gasteiger partial charge >= 0.3 is 0 Å². The first-order valence-corrected chi connectivity index (χ1v) is 10.3. The molecule has 4 rings (SSSR count). The lowest BCUT2D eigenvalue weighted by molar-refractivity contribution is 0.573. The number of aryl methyl sites for hydroxylation is 2. The van der Waals surface area contributed by atoms with Gasteiger partial charge in [0.05, 0.1) is 22.1 Å². The summed E-state index contributed by atoms with van der Waals surface area (Å²) in [5.41, 5.74) is 4.46. The van der Waals surface area contributed by atoms with Crippen LogP contribution >= 0.6 is 0 Å². The number of hydrogen-bond donors (Lipinski definition) is 2. The highest BCUT2D eigenvalue weighted by Gasteiger charge is 2.03. The summed E-state index contributed by atoms with van der Waals surface area (Å²) in [7, 11) is 0. The number of aromatic amines is 2. The molecule has 2 N–H and O–H groups in total. The summed E-state index contributed by atoms with van der Waals surface area (Å²) >= 11 is 0. The lowest BCUT2D eigenvalue weighted by Crippen LogP contribution is -1.90. The summed E-state index contributed by atoms with van der Waals surface area (Å²) < 4.78 is 0. The molecule has 0 fully saturated rings. The van der Waals surface area contributed by atoms with Gasteiger partial charge in [-0.05, 0) is 37.1 Å². The van der Waals surface area contributed by atoms with E-state index in [1.165, 1.54) is 44.9 Å². The third kappa shape index (κ3) is 4.76. The summed E-state index contributed by atoms with van der Waals surface area (Å²) in [6, 6.07) is 16.5. The molecule has 2 aromatic heterocycles. The Hall–Kier alpha value is -2.62. The average molecular weight is 361 g/mol. The van der Waals surface area contributed by atoms with Crippen LogP contribution in [0.2, 0.25) is 0 Å². The van der Waals surface area contributed by atoms with Crippen molar-refractivity contribution in [2.24, 2.45) is 0 Å². The first-order chi connectivity index (χ1) is 13.4. The lowest BCUT2D eigenvalue weighted by atomic mass is 10.1. The van der Waals surface area contributed by atoms with Crippen LogP contribution in [0.1, 0.15) is 56.6 Å². The number of hydrogen-bond acceptors (Lipinski definition) is 2. The maximum atomic E-state index is 4.65. The van der Waals surface area contributed by atoms with E-state index in [2.05, 4.69) is 56.3 Å². The Morgan fingerprint density at radius 2 is 0.926 bits per heavy atom. The van der Waals surface area contributed by atoms with Crippen LogP contribution in [0.4, 0.5) is 0 Å². The Morgan fingerprint density at radius 3 is 1.37 bits per heavy atom. The molecule has 0 spiro atoms. The van der Waals surface area contributed by atoms with E-state index in [1.807, 2.05) is 12.1 Å². The Balaban J connectivity index is 1.06. The second-order valence-electron chi connectivity index (χ2n) is 7.38. The Labute approximate surface area is 160 Å². The minimum absolute atomic E-state index is 1.06. The van der Waals surface area contributed by atoms with Crippen LogP contribution in [0.15, 0.2) is 48.5 Å². The molecule has 0 unspecified atom stereocenters. The quantitative estimate of drug-likeness (QED) is 0.343. The second kappa shape index (κ2) is 8.85. The van der Waals surface area contributed by atoms with Gasteiger partial charge in [-0.1, -0.05) is 56.4 Å². The van der Waals surface area contributed by atoms with Gasteiger partial charge in [0, 0.05) is 12.8 Å². The molecular weight excluding hydrogens is 332 g/mol. The number of fused-ring (bicyclic) bond motifs is 2. The fourth-order valence-electron chi connectivity index (χ4n) is 3.72. The van der Waals surface area contributed by atoms with Gasteiger partial charge in [-0.25, -0.2) is 9.97 Å². The van der Waals surface area contributed by atoms with Gasteiger partial charge in [0.25, 0.3) is 0 Å². The van der Waals surface area contributed by atoms with E-state index in [0.717, 1.165) is 46.6 Å². The number of imidazole rings is 2. The molecule has 2 aromatic carbocycles. The number of unbranched alkanes of at least 4 members (excludes halogenated alkanes) is 6. The average Bonchev–Trinajstić information content (AvgIpc) is 3.29. The zero-order valence-corrected chi connectivity index (χ0v) is 15.9. The number of aromatic nitrogens is 4. The van der Waals surface area contributed by atoms with E-state index in [0.29, 0.717) is 0 Å². The molecule has 0 bridgehead atoms. The standard InChI is InChI=1S/C23H28N4/c1(2-4-6-16-22-24-18-12-8-9-13-19(18)25-22)3-5-7-17-23-26-20-14-10-11-15-21(20)27-23/h8-15H,1-7,16-17H2,(H,24,25)(H,26,27). The molecular formula is C23H28N4. The molecule has 4 nitrogen and oxygen atoms in total. The summed E-state index contributed by atoms with van der Waals surface area (Å²) in [5.74, 6) is 2.25. The van der Waals surface area contributed by atoms with Crippen molar-refractivity contribution in [3.8, 4) is 0 Å². The van der Waals surface area contributed by atoms with Crippen molar-refractivity contribution in [3.63, 3.8) is 0 Å². The Bertz CT molecular complexity index is 836. The summed E-state index contributed by atoms with van der Waals surface area (Å²) in [6.07, 6.45) is 11.1. The molecule has 0 aliphatic heterocycles. The molecule has 2 heterocycles. The molecule has 4 aromatic rings. The van der Waals surface area contributed by atoms with Crippen molar-refractivity contribution in [1.29, 1.82) is 0 Å². The first-order valence-electron chi connectivity index (χ1n) is 10.3. The highest BCUT2D eigenvalue weighted by Crippen LogP contribution is 2.15. The van der Waals surface area contributed by atoms with Crippen LogP contribution in [-0.2, 0) is 12.8 Å². The molecule has 0 amide bonds. The van der Waals surface area contributed by atoms with Crippen molar-refractivity contribution >= 4 is 22.1 Å². The van der Waals surface area contributed by atoms with E-state index in [-0.39, 0.29) is 0 Å². The zero-order valence-electron chi connectivity index (χ0n) is 15.9. The van der Waals surface area contributed by atoms with E-state index < -0.39 is 0 Å². The van der Waals surface area contributed by atoms with Gasteiger partial charge in [0.1, 0.15) is 11.6 Å². The fraction of sp³-hybridized carbons (Fsp3) is 0.391. The zero-order chi connectivity index (χ0) is 18.3. The summed E-state index contributed by atoms with van der Waals surface area (Å²) in [6.45, 7) is 0. The smallest absolute Gasteiger partial charge is 0.107 e. The van der Waals surface area contributed by atoms with E-state index in [4.69, 9.17) is 0 Å². The number of para-hydroxylation sites is 4. The predicted octanol–water partition coefficient (Wildman–Crippen LogP) is 5.96. The third-order valence-electron chi connectivity index (χ3n) is 5.20. The number of nitrogens with zero attached hydrogens (tertiary/aromatic N) is 2.